The molecule has 0 spiro atoms. The molecule has 0 saturated heterocycles. The predicted molar refractivity (Wildman–Crippen MR) is 77.2 cm³/mol. The van der Waals surface area contributed by atoms with Gasteiger partial charge in [-0.05, 0) is 44.0 Å². The second-order valence-electron chi connectivity index (χ2n) is 4.52. The maximum absolute atomic E-state index is 12.0. The van der Waals surface area contributed by atoms with Crippen LogP contribution in [0.3, 0.4) is 0 Å². The average molecular weight is 248 g/mol. The Hall–Kier alpha value is -1.51. The molecule has 1 rings (SSSR count). The molecule has 0 radical (unpaired) electrons. The normalized spacial score (nSPS) is 10.2. The zero-order valence-electron chi connectivity index (χ0n) is 11.7. The first-order valence-corrected chi connectivity index (χ1v) is 6.81. The number of hydrogen-bond donors (Lipinski definition) is 2. The molecule has 100 valence electrons. The van der Waals surface area contributed by atoms with Crippen LogP contribution in [0.4, 0.5) is 5.69 Å². The van der Waals surface area contributed by atoms with Gasteiger partial charge >= 0.3 is 0 Å². The fourth-order valence-corrected chi connectivity index (χ4v) is 1.90. The summed E-state index contributed by atoms with van der Waals surface area (Å²) in [4.78, 5) is 12.0. The fourth-order valence-electron chi connectivity index (χ4n) is 1.90. The number of hydrogen-bond acceptors (Lipinski definition) is 2. The Bertz CT molecular complexity index is 388. The van der Waals surface area contributed by atoms with Crippen LogP contribution in [-0.2, 0) is 0 Å². The number of carbonyl (C=O) groups excluding carboxylic acids is 1. The van der Waals surface area contributed by atoms with Crippen molar-refractivity contribution in [3.05, 3.63) is 29.3 Å². The summed E-state index contributed by atoms with van der Waals surface area (Å²) in [7, 11) is 0. The first-order valence-electron chi connectivity index (χ1n) is 6.81. The van der Waals surface area contributed by atoms with Crippen LogP contribution in [0, 0.1) is 6.92 Å². The number of nitrogens with one attached hydrogen (secondary N) is 2. The standard InChI is InChI=1S/C15H24N2O/c1-4-6-7-10-17-15(18)14-9-8-13(16-5-2)11-12(14)3/h8-9,11,16H,4-7,10H2,1-3H3,(H,17,18). The molecule has 0 saturated carbocycles. The number of anilines is 1. The summed E-state index contributed by atoms with van der Waals surface area (Å²) in [5.74, 6) is 0.0339. The second-order valence-corrected chi connectivity index (χ2v) is 4.52. The lowest BCUT2D eigenvalue weighted by atomic mass is 10.1. The third kappa shape index (κ3) is 4.40. The van der Waals surface area contributed by atoms with Crippen molar-refractivity contribution in [2.24, 2.45) is 0 Å². The zero-order valence-corrected chi connectivity index (χ0v) is 11.7. The molecule has 1 amide bonds. The van der Waals surface area contributed by atoms with Crippen LogP contribution in [0.1, 0.15) is 49.0 Å². The number of aryl methyl sites for hydroxylation is 1. The first-order chi connectivity index (χ1) is 8.69. The van der Waals surface area contributed by atoms with Crippen LogP contribution >= 0.6 is 0 Å². The highest BCUT2D eigenvalue weighted by Crippen LogP contribution is 2.15. The molecule has 3 nitrogen and oxygen atoms in total. The molecule has 3 heteroatoms. The Labute approximate surface area is 110 Å². The molecule has 0 aliphatic carbocycles. The van der Waals surface area contributed by atoms with Crippen LogP contribution in [-0.4, -0.2) is 19.0 Å². The van der Waals surface area contributed by atoms with E-state index in [4.69, 9.17) is 0 Å². The molecule has 0 aromatic heterocycles. The van der Waals surface area contributed by atoms with Gasteiger partial charge in [-0.2, -0.15) is 0 Å². The molecule has 0 heterocycles. The van der Waals surface area contributed by atoms with Crippen molar-refractivity contribution >= 4 is 11.6 Å². The maximum Gasteiger partial charge on any atom is 0.251 e. The van der Waals surface area contributed by atoms with E-state index in [0.717, 1.165) is 36.3 Å². The Morgan fingerprint density at radius 1 is 1.22 bits per heavy atom. The molecule has 0 fully saturated rings. The van der Waals surface area contributed by atoms with Crippen molar-refractivity contribution in [1.29, 1.82) is 0 Å². The minimum absolute atomic E-state index is 0.0339. The first kappa shape index (κ1) is 14.6. The van der Waals surface area contributed by atoms with Gasteiger partial charge in [0.1, 0.15) is 0 Å². The number of unbranched alkanes of at least 4 members (excludes halogenated alkanes) is 2. The summed E-state index contributed by atoms with van der Waals surface area (Å²) in [6, 6.07) is 5.87. The van der Waals surface area contributed by atoms with Crippen molar-refractivity contribution in [3.8, 4) is 0 Å². The third-order valence-electron chi connectivity index (χ3n) is 2.92. The van der Waals surface area contributed by atoms with E-state index in [2.05, 4.69) is 24.5 Å². The molecule has 0 aliphatic rings. The molecule has 1 aromatic rings. The molecule has 0 unspecified atom stereocenters. The minimum Gasteiger partial charge on any atom is -0.385 e. The highest BCUT2D eigenvalue weighted by molar-refractivity contribution is 5.96. The van der Waals surface area contributed by atoms with Gasteiger partial charge in [0.25, 0.3) is 5.91 Å². The highest BCUT2D eigenvalue weighted by Gasteiger charge is 2.08. The van der Waals surface area contributed by atoms with Gasteiger partial charge in [-0.15, -0.1) is 0 Å². The lowest BCUT2D eigenvalue weighted by molar-refractivity contribution is 0.0952. The quantitative estimate of drug-likeness (QED) is 0.727. The van der Waals surface area contributed by atoms with Crippen LogP contribution in [0.5, 0.6) is 0 Å². The van der Waals surface area contributed by atoms with E-state index in [9.17, 15) is 4.79 Å². The summed E-state index contributed by atoms with van der Waals surface area (Å²) in [6.45, 7) is 7.85. The maximum atomic E-state index is 12.0. The third-order valence-corrected chi connectivity index (χ3v) is 2.92. The summed E-state index contributed by atoms with van der Waals surface area (Å²) >= 11 is 0. The molecule has 0 aliphatic heterocycles. The SMILES string of the molecule is CCCCCNC(=O)c1ccc(NCC)cc1C. The Morgan fingerprint density at radius 2 is 2.00 bits per heavy atom. The monoisotopic (exact) mass is 248 g/mol. The van der Waals surface area contributed by atoms with E-state index in [0.29, 0.717) is 0 Å². The van der Waals surface area contributed by atoms with Crippen LogP contribution in [0.2, 0.25) is 0 Å². The molecule has 18 heavy (non-hydrogen) atoms. The van der Waals surface area contributed by atoms with Gasteiger partial charge in [-0.1, -0.05) is 19.8 Å². The number of amides is 1. The van der Waals surface area contributed by atoms with Gasteiger partial charge in [0.2, 0.25) is 0 Å². The average Bonchev–Trinajstić information content (AvgIpc) is 2.35. The van der Waals surface area contributed by atoms with E-state index in [1.807, 2.05) is 25.1 Å². The number of benzene rings is 1. The van der Waals surface area contributed by atoms with Crippen molar-refractivity contribution < 1.29 is 4.79 Å². The van der Waals surface area contributed by atoms with Crippen LogP contribution in [0.25, 0.3) is 0 Å². The van der Waals surface area contributed by atoms with Gasteiger partial charge in [-0.25, -0.2) is 0 Å². The topological polar surface area (TPSA) is 41.1 Å². The van der Waals surface area contributed by atoms with Gasteiger partial charge in [-0.3, -0.25) is 4.79 Å². The highest BCUT2D eigenvalue weighted by atomic mass is 16.1. The largest absolute Gasteiger partial charge is 0.385 e. The van der Waals surface area contributed by atoms with Crippen LogP contribution < -0.4 is 10.6 Å². The van der Waals surface area contributed by atoms with E-state index >= 15 is 0 Å². The van der Waals surface area contributed by atoms with Gasteiger partial charge in [0, 0.05) is 24.3 Å². The van der Waals surface area contributed by atoms with E-state index < -0.39 is 0 Å². The van der Waals surface area contributed by atoms with Gasteiger partial charge in [0.15, 0.2) is 0 Å². The van der Waals surface area contributed by atoms with Crippen LogP contribution in [0.15, 0.2) is 18.2 Å². The summed E-state index contributed by atoms with van der Waals surface area (Å²) in [5, 5.41) is 6.21. The number of carbonyl (C=O) groups is 1. The zero-order chi connectivity index (χ0) is 13.4. The van der Waals surface area contributed by atoms with Crippen molar-refractivity contribution in [1.82, 2.24) is 5.32 Å². The predicted octanol–water partition coefficient (Wildman–Crippen LogP) is 3.35. The summed E-state index contributed by atoms with van der Waals surface area (Å²) < 4.78 is 0. The summed E-state index contributed by atoms with van der Waals surface area (Å²) in [6.07, 6.45) is 3.39. The minimum atomic E-state index is 0.0339. The Balaban J connectivity index is 2.57. The van der Waals surface area contributed by atoms with E-state index in [-0.39, 0.29) is 5.91 Å². The Kier molecular flexibility index (Phi) is 6.26. The second kappa shape index (κ2) is 7.75. The van der Waals surface area contributed by atoms with Crippen molar-refractivity contribution in [3.63, 3.8) is 0 Å². The molecular formula is C15H24N2O. The fraction of sp³-hybridized carbons (Fsp3) is 0.533. The summed E-state index contributed by atoms with van der Waals surface area (Å²) in [5.41, 5.74) is 2.85. The molecule has 0 atom stereocenters. The Morgan fingerprint density at radius 3 is 2.61 bits per heavy atom. The molecular weight excluding hydrogens is 224 g/mol. The van der Waals surface area contributed by atoms with Gasteiger partial charge < -0.3 is 10.6 Å². The lowest BCUT2D eigenvalue weighted by Crippen LogP contribution is -2.25. The lowest BCUT2D eigenvalue weighted by Gasteiger charge is -2.10. The smallest absolute Gasteiger partial charge is 0.251 e. The van der Waals surface area contributed by atoms with E-state index in [1.54, 1.807) is 0 Å². The van der Waals surface area contributed by atoms with E-state index in [1.165, 1.54) is 12.8 Å². The molecule has 1 aromatic carbocycles. The number of rotatable bonds is 7. The molecule has 2 N–H and O–H groups in total. The van der Waals surface area contributed by atoms with Crippen molar-refractivity contribution in [2.75, 3.05) is 18.4 Å². The van der Waals surface area contributed by atoms with Crippen molar-refractivity contribution in [2.45, 2.75) is 40.0 Å². The van der Waals surface area contributed by atoms with Gasteiger partial charge in [0.05, 0.1) is 0 Å². The molecule has 0 bridgehead atoms.